The fourth-order valence-electron chi connectivity index (χ4n) is 2.35. The van der Waals surface area contributed by atoms with Crippen molar-refractivity contribution in [3.8, 4) is 0 Å². The number of halogens is 1. The van der Waals surface area contributed by atoms with E-state index in [1.54, 1.807) is 20.9 Å². The Morgan fingerprint density at radius 3 is 2.39 bits per heavy atom. The maximum Gasteiger partial charge on any atom is 0.310 e. The van der Waals surface area contributed by atoms with E-state index in [2.05, 4.69) is 10.3 Å². The topological polar surface area (TPSA) is 88.1 Å². The van der Waals surface area contributed by atoms with Crippen LogP contribution >= 0.6 is 24.0 Å². The number of hydrogen-bond donors (Lipinski definition) is 1. The van der Waals surface area contributed by atoms with Gasteiger partial charge in [-0.25, -0.2) is 8.42 Å². The molecule has 23 heavy (non-hydrogen) atoms. The summed E-state index contributed by atoms with van der Waals surface area (Å²) in [7, 11) is -0.146. The molecular weight excluding hydrogens is 433 g/mol. The minimum Gasteiger partial charge on any atom is -0.469 e. The first kappa shape index (κ1) is 22.4. The van der Waals surface area contributed by atoms with Gasteiger partial charge in [0.25, 0.3) is 0 Å². The van der Waals surface area contributed by atoms with Crippen molar-refractivity contribution in [2.45, 2.75) is 25.5 Å². The molecule has 1 N–H and O–H groups in total. The second kappa shape index (κ2) is 8.50. The van der Waals surface area contributed by atoms with Crippen LogP contribution in [0.2, 0.25) is 0 Å². The zero-order valence-corrected chi connectivity index (χ0v) is 17.8. The van der Waals surface area contributed by atoms with E-state index in [0.29, 0.717) is 19.0 Å². The molecule has 2 atom stereocenters. The Kier molecular flexibility index (Phi) is 8.28. The van der Waals surface area contributed by atoms with Crippen LogP contribution < -0.4 is 5.32 Å². The van der Waals surface area contributed by atoms with Crippen LogP contribution in [-0.4, -0.2) is 70.0 Å². The van der Waals surface area contributed by atoms with Crippen LogP contribution in [-0.2, 0) is 19.4 Å². The lowest BCUT2D eigenvalue weighted by atomic mass is 9.99. The quantitative estimate of drug-likeness (QED) is 0.288. The second-order valence-corrected chi connectivity index (χ2v) is 9.09. The first-order chi connectivity index (χ1) is 10.0. The van der Waals surface area contributed by atoms with Gasteiger partial charge in [-0.15, -0.1) is 24.0 Å². The number of carbonyl (C=O) groups is 1. The first-order valence-corrected chi connectivity index (χ1v) is 9.15. The average molecular weight is 461 g/mol. The molecule has 0 aromatic carbocycles. The highest BCUT2D eigenvalue weighted by molar-refractivity contribution is 14.0. The molecule has 0 aromatic rings. The third-order valence-corrected chi connectivity index (χ3v) is 6.46. The highest BCUT2D eigenvalue weighted by atomic mass is 127. The summed E-state index contributed by atoms with van der Waals surface area (Å²) >= 11 is 0. The molecule has 1 aliphatic heterocycles. The van der Waals surface area contributed by atoms with Crippen molar-refractivity contribution in [1.29, 1.82) is 0 Å². The van der Waals surface area contributed by atoms with Crippen molar-refractivity contribution in [2.24, 2.45) is 16.8 Å². The van der Waals surface area contributed by atoms with Gasteiger partial charge in [0.2, 0.25) is 0 Å². The zero-order valence-electron chi connectivity index (χ0n) is 14.6. The highest BCUT2D eigenvalue weighted by Gasteiger charge is 2.37. The minimum absolute atomic E-state index is 0. The molecule has 0 radical (unpaired) electrons. The van der Waals surface area contributed by atoms with Gasteiger partial charge in [-0.05, 0) is 19.8 Å². The fraction of sp³-hybridized carbons (Fsp3) is 0.857. The van der Waals surface area contributed by atoms with Gasteiger partial charge in [0.15, 0.2) is 15.8 Å². The van der Waals surface area contributed by atoms with Crippen LogP contribution in [0.1, 0.15) is 20.8 Å². The lowest BCUT2D eigenvalue weighted by Gasteiger charge is -2.27. The Bertz CT molecular complexity index is 548. The maximum absolute atomic E-state index is 11.8. The van der Waals surface area contributed by atoms with Crippen molar-refractivity contribution in [2.75, 3.05) is 40.0 Å². The number of nitrogens with zero attached hydrogens (tertiary/aromatic N) is 2. The molecule has 136 valence electrons. The van der Waals surface area contributed by atoms with Gasteiger partial charge in [-0.1, -0.05) is 6.92 Å². The van der Waals surface area contributed by atoms with Crippen LogP contribution in [0.4, 0.5) is 0 Å². The molecule has 0 aliphatic carbocycles. The smallest absolute Gasteiger partial charge is 0.310 e. The Labute approximate surface area is 156 Å². The fourth-order valence-corrected chi connectivity index (χ4v) is 2.69. The number of aliphatic imine (C=N–C) groups is 1. The van der Waals surface area contributed by atoms with Crippen LogP contribution in [0.25, 0.3) is 0 Å². The molecule has 0 saturated carbocycles. The summed E-state index contributed by atoms with van der Waals surface area (Å²) in [6.45, 7) is 6.80. The third-order valence-electron chi connectivity index (χ3n) is 4.30. The van der Waals surface area contributed by atoms with E-state index in [-0.39, 0.29) is 48.3 Å². The van der Waals surface area contributed by atoms with Crippen molar-refractivity contribution >= 4 is 45.7 Å². The summed E-state index contributed by atoms with van der Waals surface area (Å²) in [4.78, 5) is 17.9. The molecule has 9 heteroatoms. The first-order valence-electron chi connectivity index (χ1n) is 7.26. The Morgan fingerprint density at radius 1 is 1.39 bits per heavy atom. The van der Waals surface area contributed by atoms with Gasteiger partial charge in [-0.2, -0.15) is 0 Å². The van der Waals surface area contributed by atoms with Gasteiger partial charge in [0.1, 0.15) is 0 Å². The third kappa shape index (κ3) is 5.47. The molecular formula is C14H28IN3O4S. The van der Waals surface area contributed by atoms with Crippen LogP contribution in [0, 0.1) is 11.8 Å². The maximum atomic E-state index is 11.8. The van der Waals surface area contributed by atoms with Crippen LogP contribution in [0.15, 0.2) is 4.99 Å². The second-order valence-electron chi connectivity index (χ2n) is 6.44. The van der Waals surface area contributed by atoms with Crippen molar-refractivity contribution < 1.29 is 17.9 Å². The zero-order chi connectivity index (χ0) is 17.1. The molecule has 1 fully saturated rings. The predicted octanol–water partition coefficient (Wildman–Crippen LogP) is 0.744. The summed E-state index contributed by atoms with van der Waals surface area (Å²) in [5, 5.41) is 3.10. The number of methoxy groups -OCH3 is 1. The molecule has 7 nitrogen and oxygen atoms in total. The average Bonchev–Trinajstić information content (AvgIpc) is 2.79. The van der Waals surface area contributed by atoms with E-state index >= 15 is 0 Å². The normalized spacial score (nSPS) is 22.5. The van der Waals surface area contributed by atoms with E-state index in [1.807, 2.05) is 11.8 Å². The molecule has 0 amide bonds. The summed E-state index contributed by atoms with van der Waals surface area (Å²) in [5.41, 5.74) is 0. The minimum atomic E-state index is -3.18. The van der Waals surface area contributed by atoms with E-state index in [0.717, 1.165) is 0 Å². The predicted molar refractivity (Wildman–Crippen MR) is 102 cm³/mol. The van der Waals surface area contributed by atoms with Crippen LogP contribution in [0.5, 0.6) is 0 Å². The lowest BCUT2D eigenvalue weighted by molar-refractivity contribution is -0.145. The van der Waals surface area contributed by atoms with Gasteiger partial charge < -0.3 is 15.0 Å². The van der Waals surface area contributed by atoms with Gasteiger partial charge in [0, 0.05) is 32.9 Å². The molecule has 1 rings (SSSR count). The number of carbonyl (C=O) groups excluding carboxylic acids is 1. The van der Waals surface area contributed by atoms with Gasteiger partial charge in [-0.3, -0.25) is 9.79 Å². The summed E-state index contributed by atoms with van der Waals surface area (Å²) in [5.74, 6) is 0.359. The Hall–Kier alpha value is -0.580. The number of esters is 1. The Morgan fingerprint density at radius 2 is 1.96 bits per heavy atom. The number of sulfone groups is 1. The number of ether oxygens (including phenoxy) is 1. The van der Waals surface area contributed by atoms with E-state index < -0.39 is 14.6 Å². The summed E-state index contributed by atoms with van der Waals surface area (Å²) < 4.78 is 27.4. The van der Waals surface area contributed by atoms with Crippen LogP contribution in [0.3, 0.4) is 0 Å². The molecule has 0 aromatic heterocycles. The van der Waals surface area contributed by atoms with E-state index in [9.17, 15) is 13.2 Å². The SMILES string of the molecule is CN=C(NCC(C)(C)S(C)(=O)=O)N1CC(C)C(C(=O)OC)C1.I. The molecule has 0 spiro atoms. The summed E-state index contributed by atoms with van der Waals surface area (Å²) in [6.07, 6.45) is 1.22. The van der Waals surface area contributed by atoms with E-state index in [4.69, 9.17) is 4.74 Å². The standard InChI is InChI=1S/C14H27N3O4S.HI/c1-10-7-17(8-11(10)12(18)21-5)13(15-4)16-9-14(2,3)22(6,19)20;/h10-11H,7-9H2,1-6H3,(H,15,16);1H. The number of nitrogens with one attached hydrogen (secondary N) is 1. The summed E-state index contributed by atoms with van der Waals surface area (Å²) in [6, 6.07) is 0. The number of hydrogen-bond acceptors (Lipinski definition) is 5. The van der Waals surface area contributed by atoms with E-state index in [1.165, 1.54) is 13.4 Å². The highest BCUT2D eigenvalue weighted by Crippen LogP contribution is 2.24. The lowest BCUT2D eigenvalue weighted by Crippen LogP contribution is -2.48. The van der Waals surface area contributed by atoms with Crippen molar-refractivity contribution in [1.82, 2.24) is 10.2 Å². The Balaban J connectivity index is 0.00000484. The molecule has 1 saturated heterocycles. The van der Waals surface area contributed by atoms with Gasteiger partial charge >= 0.3 is 5.97 Å². The number of rotatable bonds is 4. The van der Waals surface area contributed by atoms with Gasteiger partial charge in [0.05, 0.1) is 17.8 Å². The monoisotopic (exact) mass is 461 g/mol. The molecule has 0 bridgehead atoms. The largest absolute Gasteiger partial charge is 0.469 e. The van der Waals surface area contributed by atoms with Crippen molar-refractivity contribution in [3.05, 3.63) is 0 Å². The number of guanidine groups is 1. The molecule has 1 aliphatic rings. The number of likely N-dealkylation sites (tertiary alicyclic amines) is 1. The molecule has 2 unspecified atom stereocenters. The molecule has 1 heterocycles. The van der Waals surface area contributed by atoms with Crippen molar-refractivity contribution in [3.63, 3.8) is 0 Å².